The number of nitrogens with zero attached hydrogens (tertiary/aromatic N) is 2. The van der Waals surface area contributed by atoms with E-state index in [9.17, 15) is 0 Å². The molecule has 4 rings (SSSR count). The van der Waals surface area contributed by atoms with Crippen LogP contribution in [0.3, 0.4) is 0 Å². The Morgan fingerprint density at radius 1 is 0.958 bits per heavy atom. The Balaban J connectivity index is 1.52. The Labute approximate surface area is 143 Å². The number of hydrogen-bond acceptors (Lipinski definition) is 5. The molecule has 0 saturated carbocycles. The van der Waals surface area contributed by atoms with Gasteiger partial charge in [-0.1, -0.05) is 47.7 Å². The summed E-state index contributed by atoms with van der Waals surface area (Å²) in [6.45, 7) is 0.513. The van der Waals surface area contributed by atoms with Gasteiger partial charge in [-0.05, 0) is 29.3 Å². The van der Waals surface area contributed by atoms with Crippen molar-refractivity contribution in [3.8, 4) is 17.0 Å². The molecule has 4 aromatic rings. The number of hydrogen-bond donors (Lipinski definition) is 1. The SMILES string of the molecule is Nc1nc2ccc(-c3ccc(OCc4ccccc4)nc3)cc2s1. The van der Waals surface area contributed by atoms with Gasteiger partial charge >= 0.3 is 0 Å². The third-order valence-electron chi connectivity index (χ3n) is 3.70. The third-order valence-corrected chi connectivity index (χ3v) is 4.55. The van der Waals surface area contributed by atoms with Crippen LogP contribution in [0.1, 0.15) is 5.56 Å². The van der Waals surface area contributed by atoms with Crippen LogP contribution in [0.5, 0.6) is 5.88 Å². The van der Waals surface area contributed by atoms with Gasteiger partial charge in [-0.2, -0.15) is 0 Å². The smallest absolute Gasteiger partial charge is 0.213 e. The number of ether oxygens (including phenoxy) is 1. The van der Waals surface area contributed by atoms with Crippen molar-refractivity contribution in [2.45, 2.75) is 6.61 Å². The first kappa shape index (κ1) is 14.7. The minimum absolute atomic E-state index is 0.513. The molecule has 0 fully saturated rings. The zero-order valence-electron chi connectivity index (χ0n) is 12.8. The molecular weight excluding hydrogens is 318 g/mol. The quantitative estimate of drug-likeness (QED) is 0.596. The minimum Gasteiger partial charge on any atom is -0.473 e. The second kappa shape index (κ2) is 6.29. The summed E-state index contributed by atoms with van der Waals surface area (Å²) < 4.78 is 6.80. The molecule has 0 bridgehead atoms. The molecule has 0 spiro atoms. The normalized spacial score (nSPS) is 10.8. The summed E-state index contributed by atoms with van der Waals surface area (Å²) >= 11 is 1.49. The molecule has 0 aliphatic heterocycles. The summed E-state index contributed by atoms with van der Waals surface area (Å²) in [5.41, 5.74) is 9.94. The lowest BCUT2D eigenvalue weighted by molar-refractivity contribution is 0.294. The van der Waals surface area contributed by atoms with Crippen LogP contribution in [-0.4, -0.2) is 9.97 Å². The zero-order valence-corrected chi connectivity index (χ0v) is 13.7. The lowest BCUT2D eigenvalue weighted by Crippen LogP contribution is -1.96. The van der Waals surface area contributed by atoms with E-state index in [0.29, 0.717) is 17.6 Å². The maximum atomic E-state index is 5.76. The van der Waals surface area contributed by atoms with E-state index in [-0.39, 0.29) is 0 Å². The molecule has 2 heterocycles. The summed E-state index contributed by atoms with van der Waals surface area (Å²) in [4.78, 5) is 8.67. The maximum Gasteiger partial charge on any atom is 0.213 e. The van der Waals surface area contributed by atoms with E-state index in [0.717, 1.165) is 26.9 Å². The van der Waals surface area contributed by atoms with E-state index in [4.69, 9.17) is 10.5 Å². The predicted octanol–water partition coefficient (Wildman–Crippen LogP) is 4.52. The van der Waals surface area contributed by atoms with E-state index < -0.39 is 0 Å². The molecular formula is C19H15N3OS. The van der Waals surface area contributed by atoms with Gasteiger partial charge < -0.3 is 10.5 Å². The van der Waals surface area contributed by atoms with Crippen LogP contribution in [0.25, 0.3) is 21.3 Å². The molecule has 0 aliphatic carbocycles. The number of nitrogen functional groups attached to an aromatic ring is 1. The van der Waals surface area contributed by atoms with Crippen molar-refractivity contribution in [1.82, 2.24) is 9.97 Å². The summed E-state index contributed by atoms with van der Waals surface area (Å²) in [6.07, 6.45) is 1.83. The van der Waals surface area contributed by atoms with E-state index in [1.807, 2.05) is 60.8 Å². The lowest BCUT2D eigenvalue weighted by Gasteiger charge is -2.06. The third kappa shape index (κ3) is 3.07. The summed E-state index contributed by atoms with van der Waals surface area (Å²) in [5.74, 6) is 0.616. The molecule has 0 atom stereocenters. The number of benzene rings is 2. The highest BCUT2D eigenvalue weighted by Crippen LogP contribution is 2.29. The number of thiazole rings is 1. The Morgan fingerprint density at radius 3 is 2.58 bits per heavy atom. The number of pyridine rings is 1. The minimum atomic E-state index is 0.513. The second-order valence-electron chi connectivity index (χ2n) is 5.39. The van der Waals surface area contributed by atoms with Crippen LogP contribution < -0.4 is 10.5 Å². The summed E-state index contributed by atoms with van der Waals surface area (Å²) in [6, 6.07) is 20.1. The van der Waals surface area contributed by atoms with Crippen LogP contribution in [0.4, 0.5) is 5.13 Å². The fraction of sp³-hybridized carbons (Fsp3) is 0.0526. The van der Waals surface area contributed by atoms with Gasteiger partial charge in [0.1, 0.15) is 6.61 Å². The molecule has 2 N–H and O–H groups in total. The van der Waals surface area contributed by atoms with E-state index in [1.165, 1.54) is 11.3 Å². The average molecular weight is 333 g/mol. The zero-order chi connectivity index (χ0) is 16.4. The van der Waals surface area contributed by atoms with Crippen LogP contribution in [0.15, 0.2) is 66.9 Å². The second-order valence-corrected chi connectivity index (χ2v) is 6.46. The Hall–Kier alpha value is -2.92. The van der Waals surface area contributed by atoms with Gasteiger partial charge in [0.15, 0.2) is 5.13 Å². The van der Waals surface area contributed by atoms with Crippen LogP contribution >= 0.6 is 11.3 Å². The van der Waals surface area contributed by atoms with Crippen molar-refractivity contribution in [2.24, 2.45) is 0 Å². The number of rotatable bonds is 4. The highest BCUT2D eigenvalue weighted by Gasteiger charge is 2.05. The molecule has 0 unspecified atom stereocenters. The molecule has 118 valence electrons. The van der Waals surface area contributed by atoms with Gasteiger partial charge in [-0.15, -0.1) is 0 Å². The van der Waals surface area contributed by atoms with Crippen molar-refractivity contribution in [1.29, 1.82) is 0 Å². The van der Waals surface area contributed by atoms with Gasteiger partial charge in [0.25, 0.3) is 0 Å². The largest absolute Gasteiger partial charge is 0.473 e. The number of aromatic nitrogens is 2. The number of fused-ring (bicyclic) bond motifs is 1. The molecule has 0 saturated heterocycles. The van der Waals surface area contributed by atoms with Crippen molar-refractivity contribution in [2.75, 3.05) is 5.73 Å². The van der Waals surface area contributed by atoms with Gasteiger partial charge in [-0.3, -0.25) is 0 Å². The molecule has 2 aromatic heterocycles. The first-order valence-electron chi connectivity index (χ1n) is 7.57. The van der Waals surface area contributed by atoms with Gasteiger partial charge in [-0.25, -0.2) is 9.97 Å². The molecule has 0 amide bonds. The lowest BCUT2D eigenvalue weighted by atomic mass is 10.1. The molecule has 2 aromatic carbocycles. The highest BCUT2D eigenvalue weighted by molar-refractivity contribution is 7.22. The first-order valence-corrected chi connectivity index (χ1v) is 8.39. The molecule has 0 radical (unpaired) electrons. The highest BCUT2D eigenvalue weighted by atomic mass is 32.1. The average Bonchev–Trinajstić information content (AvgIpc) is 3.00. The monoisotopic (exact) mass is 333 g/mol. The predicted molar refractivity (Wildman–Crippen MR) is 98.0 cm³/mol. The summed E-state index contributed by atoms with van der Waals surface area (Å²) in [5, 5.41) is 0.588. The van der Waals surface area contributed by atoms with Crippen molar-refractivity contribution < 1.29 is 4.74 Å². The first-order chi connectivity index (χ1) is 11.8. The van der Waals surface area contributed by atoms with Crippen molar-refractivity contribution >= 4 is 26.7 Å². The molecule has 5 heteroatoms. The van der Waals surface area contributed by atoms with E-state index >= 15 is 0 Å². The van der Waals surface area contributed by atoms with E-state index in [2.05, 4.69) is 16.0 Å². The topological polar surface area (TPSA) is 61.0 Å². The van der Waals surface area contributed by atoms with E-state index in [1.54, 1.807) is 0 Å². The maximum absolute atomic E-state index is 5.76. The molecule has 0 aliphatic rings. The van der Waals surface area contributed by atoms with Crippen molar-refractivity contribution in [3.05, 3.63) is 72.4 Å². The molecule has 24 heavy (non-hydrogen) atoms. The van der Waals surface area contributed by atoms with Gasteiger partial charge in [0.2, 0.25) is 5.88 Å². The Kier molecular flexibility index (Phi) is 3.84. The fourth-order valence-corrected chi connectivity index (χ4v) is 3.26. The van der Waals surface area contributed by atoms with Gasteiger partial charge in [0, 0.05) is 17.8 Å². The van der Waals surface area contributed by atoms with Crippen LogP contribution in [0.2, 0.25) is 0 Å². The van der Waals surface area contributed by atoms with Crippen LogP contribution in [0, 0.1) is 0 Å². The number of nitrogens with two attached hydrogens (primary N) is 1. The molecule has 4 nitrogen and oxygen atoms in total. The standard InChI is InChI=1S/C19H15N3OS/c20-19-22-16-8-6-14(10-17(16)24-19)15-7-9-18(21-11-15)23-12-13-4-2-1-3-5-13/h1-11H,12H2,(H2,20,22). The number of anilines is 1. The summed E-state index contributed by atoms with van der Waals surface area (Å²) in [7, 11) is 0. The van der Waals surface area contributed by atoms with Crippen molar-refractivity contribution in [3.63, 3.8) is 0 Å². The fourth-order valence-electron chi connectivity index (χ4n) is 2.49. The Morgan fingerprint density at radius 2 is 1.79 bits per heavy atom. The van der Waals surface area contributed by atoms with Crippen LogP contribution in [-0.2, 0) is 6.61 Å². The Bertz CT molecular complexity index is 965. The van der Waals surface area contributed by atoms with Gasteiger partial charge in [0.05, 0.1) is 10.2 Å².